The lowest BCUT2D eigenvalue weighted by atomic mass is 9.88. The van der Waals surface area contributed by atoms with Gasteiger partial charge < -0.3 is 5.11 Å². The van der Waals surface area contributed by atoms with E-state index in [1.54, 1.807) is 0 Å². The van der Waals surface area contributed by atoms with Gasteiger partial charge in [0.05, 0.1) is 0 Å². The Morgan fingerprint density at radius 3 is 2.24 bits per heavy atom. The number of carboxylic acids is 1. The zero-order valence-corrected chi connectivity index (χ0v) is 15.4. The van der Waals surface area contributed by atoms with Crippen molar-refractivity contribution in [3.05, 3.63) is 35.9 Å². The van der Waals surface area contributed by atoms with Crippen LogP contribution >= 0.6 is 0 Å². The van der Waals surface area contributed by atoms with E-state index in [1.165, 1.54) is 9.87 Å². The molecule has 0 bridgehead atoms. The number of carboxylic acid groups (broad SMARTS) is 1. The van der Waals surface area contributed by atoms with Crippen molar-refractivity contribution in [1.82, 2.24) is 4.31 Å². The van der Waals surface area contributed by atoms with Crippen LogP contribution in [-0.2, 0) is 21.2 Å². The van der Waals surface area contributed by atoms with Gasteiger partial charge in [-0.05, 0) is 43.6 Å². The van der Waals surface area contributed by atoms with E-state index in [-0.39, 0.29) is 12.8 Å². The van der Waals surface area contributed by atoms with E-state index in [1.807, 2.05) is 18.2 Å². The first-order valence-electron chi connectivity index (χ1n) is 9.23. The molecule has 1 aliphatic heterocycles. The van der Waals surface area contributed by atoms with Gasteiger partial charge in [-0.3, -0.25) is 4.79 Å². The van der Waals surface area contributed by atoms with Crippen molar-refractivity contribution >= 4 is 16.0 Å². The fourth-order valence-corrected chi connectivity index (χ4v) is 6.46. The molecule has 3 rings (SSSR count). The molecule has 1 saturated carbocycles. The van der Waals surface area contributed by atoms with Crippen molar-refractivity contribution in [1.29, 1.82) is 0 Å². The highest BCUT2D eigenvalue weighted by Gasteiger charge is 2.54. The Morgan fingerprint density at radius 2 is 1.68 bits per heavy atom. The van der Waals surface area contributed by atoms with Gasteiger partial charge in [0.2, 0.25) is 10.0 Å². The van der Waals surface area contributed by atoms with E-state index in [2.05, 4.69) is 12.1 Å². The minimum Gasteiger partial charge on any atom is -0.480 e. The molecular formula is C19H27NO4S. The van der Waals surface area contributed by atoms with Crippen LogP contribution in [0.3, 0.4) is 0 Å². The van der Waals surface area contributed by atoms with Gasteiger partial charge in [0, 0.05) is 13.1 Å². The second kappa shape index (κ2) is 7.46. The van der Waals surface area contributed by atoms with Crippen LogP contribution in [0, 0.1) is 5.92 Å². The molecule has 1 aliphatic carbocycles. The van der Waals surface area contributed by atoms with Gasteiger partial charge in [0.15, 0.2) is 4.75 Å². The maximum atomic E-state index is 13.1. The highest BCUT2D eigenvalue weighted by atomic mass is 32.2. The number of rotatable bonds is 5. The first-order valence-corrected chi connectivity index (χ1v) is 10.7. The average molecular weight is 365 g/mol. The molecule has 1 heterocycles. The van der Waals surface area contributed by atoms with Gasteiger partial charge in [-0.25, -0.2) is 12.7 Å². The Balaban J connectivity index is 1.67. The van der Waals surface area contributed by atoms with Crippen molar-refractivity contribution < 1.29 is 18.3 Å². The summed E-state index contributed by atoms with van der Waals surface area (Å²) in [5, 5.41) is 9.70. The van der Waals surface area contributed by atoms with Crippen LogP contribution in [0.25, 0.3) is 0 Å². The third-order valence-electron chi connectivity index (χ3n) is 5.83. The van der Waals surface area contributed by atoms with Crippen molar-refractivity contribution in [2.75, 3.05) is 13.1 Å². The summed E-state index contributed by atoms with van der Waals surface area (Å²) in [5.41, 5.74) is 1.28. The number of benzene rings is 1. The van der Waals surface area contributed by atoms with E-state index < -0.39 is 20.7 Å². The van der Waals surface area contributed by atoms with Crippen molar-refractivity contribution in [2.45, 2.75) is 56.1 Å². The Labute approximate surface area is 150 Å². The van der Waals surface area contributed by atoms with Gasteiger partial charge in [-0.15, -0.1) is 0 Å². The number of piperidine rings is 1. The maximum absolute atomic E-state index is 13.1. The van der Waals surface area contributed by atoms with Crippen LogP contribution in [0.4, 0.5) is 0 Å². The standard InChI is InChI=1S/C19H27NO4S/c21-18(22)19(11-5-2-6-12-19)25(23,24)20-13-9-17(10-14-20)15-16-7-3-1-4-8-16/h1,3-4,7-8,17H,2,5-6,9-15H2,(H,21,22). The summed E-state index contributed by atoms with van der Waals surface area (Å²) in [5.74, 6) is -0.709. The molecule has 138 valence electrons. The molecule has 0 radical (unpaired) electrons. The third-order valence-corrected chi connectivity index (χ3v) is 8.44. The van der Waals surface area contributed by atoms with Crippen molar-refractivity contribution in [2.24, 2.45) is 5.92 Å². The first kappa shape index (κ1) is 18.4. The molecule has 0 spiro atoms. The monoisotopic (exact) mass is 365 g/mol. The molecule has 0 aromatic heterocycles. The third kappa shape index (κ3) is 3.60. The number of hydrogen-bond acceptors (Lipinski definition) is 3. The summed E-state index contributed by atoms with van der Waals surface area (Å²) in [6.07, 6.45) is 5.31. The van der Waals surface area contributed by atoms with Gasteiger partial charge in [-0.2, -0.15) is 0 Å². The predicted octanol–water partition coefficient (Wildman–Crippen LogP) is 3.06. The Kier molecular flexibility index (Phi) is 5.49. The van der Waals surface area contributed by atoms with Crippen LogP contribution in [-0.4, -0.2) is 41.6 Å². The summed E-state index contributed by atoms with van der Waals surface area (Å²) in [7, 11) is -3.81. The molecule has 25 heavy (non-hydrogen) atoms. The lowest BCUT2D eigenvalue weighted by molar-refractivity contribution is -0.141. The largest absolute Gasteiger partial charge is 0.480 e. The summed E-state index contributed by atoms with van der Waals surface area (Å²) in [6.45, 7) is 0.879. The van der Waals surface area contributed by atoms with Gasteiger partial charge in [0.1, 0.15) is 0 Å². The minimum atomic E-state index is -3.81. The quantitative estimate of drug-likeness (QED) is 0.870. The van der Waals surface area contributed by atoms with E-state index in [0.29, 0.717) is 31.8 Å². The number of nitrogens with zero attached hydrogens (tertiary/aromatic N) is 1. The smallest absolute Gasteiger partial charge is 0.326 e. The van der Waals surface area contributed by atoms with Crippen LogP contribution in [0.15, 0.2) is 30.3 Å². The zero-order chi connectivity index (χ0) is 17.9. The summed E-state index contributed by atoms with van der Waals surface area (Å²) < 4.78 is 26.1. The lowest BCUT2D eigenvalue weighted by Crippen LogP contribution is -2.56. The molecular weight excluding hydrogens is 338 g/mol. The number of aliphatic carboxylic acids is 1. The van der Waals surface area contributed by atoms with E-state index in [0.717, 1.165) is 25.7 Å². The zero-order valence-electron chi connectivity index (χ0n) is 14.6. The lowest BCUT2D eigenvalue weighted by Gasteiger charge is -2.39. The summed E-state index contributed by atoms with van der Waals surface area (Å²) in [4.78, 5) is 11.9. The topological polar surface area (TPSA) is 74.7 Å². The molecule has 1 aromatic rings. The first-order chi connectivity index (χ1) is 12.0. The van der Waals surface area contributed by atoms with Crippen LogP contribution in [0.1, 0.15) is 50.5 Å². The molecule has 6 heteroatoms. The molecule has 5 nitrogen and oxygen atoms in total. The molecule has 1 aromatic carbocycles. The maximum Gasteiger partial charge on any atom is 0.326 e. The van der Waals surface area contributed by atoms with Crippen LogP contribution < -0.4 is 0 Å². The molecule has 0 amide bonds. The Morgan fingerprint density at radius 1 is 1.08 bits per heavy atom. The number of carbonyl (C=O) groups is 1. The van der Waals surface area contributed by atoms with E-state index in [4.69, 9.17) is 0 Å². The molecule has 0 unspecified atom stereocenters. The van der Waals surface area contributed by atoms with Gasteiger partial charge >= 0.3 is 5.97 Å². The van der Waals surface area contributed by atoms with Crippen molar-refractivity contribution in [3.63, 3.8) is 0 Å². The van der Waals surface area contributed by atoms with Crippen LogP contribution in [0.2, 0.25) is 0 Å². The number of sulfonamides is 1. The fraction of sp³-hybridized carbons (Fsp3) is 0.632. The normalized spacial score (nSPS) is 22.6. The average Bonchev–Trinajstić information content (AvgIpc) is 2.63. The minimum absolute atomic E-state index is 0.245. The van der Waals surface area contributed by atoms with E-state index in [9.17, 15) is 18.3 Å². The SMILES string of the molecule is O=C(O)C1(S(=O)(=O)N2CCC(Cc3ccccc3)CC2)CCCCC1. The Hall–Kier alpha value is -1.40. The second-order valence-electron chi connectivity index (χ2n) is 7.40. The molecule has 0 atom stereocenters. The Bertz CT molecular complexity index is 687. The summed E-state index contributed by atoms with van der Waals surface area (Å²) >= 11 is 0. The molecule has 2 aliphatic rings. The second-order valence-corrected chi connectivity index (χ2v) is 9.65. The molecule has 1 N–H and O–H groups in total. The van der Waals surface area contributed by atoms with Crippen LogP contribution in [0.5, 0.6) is 0 Å². The van der Waals surface area contributed by atoms with Gasteiger partial charge in [0.25, 0.3) is 0 Å². The van der Waals surface area contributed by atoms with Crippen molar-refractivity contribution in [3.8, 4) is 0 Å². The number of hydrogen-bond donors (Lipinski definition) is 1. The highest BCUT2D eigenvalue weighted by Crippen LogP contribution is 2.39. The molecule has 1 saturated heterocycles. The van der Waals surface area contributed by atoms with E-state index >= 15 is 0 Å². The summed E-state index contributed by atoms with van der Waals surface area (Å²) in [6, 6.07) is 10.2. The predicted molar refractivity (Wildman–Crippen MR) is 96.8 cm³/mol. The van der Waals surface area contributed by atoms with Gasteiger partial charge in [-0.1, -0.05) is 49.6 Å². The highest BCUT2D eigenvalue weighted by molar-refractivity contribution is 7.91. The molecule has 2 fully saturated rings. The fourth-order valence-electron chi connectivity index (χ4n) is 4.25.